The van der Waals surface area contributed by atoms with Crippen LogP contribution in [0.3, 0.4) is 0 Å². The normalized spacial score (nSPS) is 18.6. The average Bonchev–Trinajstić information content (AvgIpc) is 3.00. The highest BCUT2D eigenvalue weighted by molar-refractivity contribution is 6.05. The van der Waals surface area contributed by atoms with Gasteiger partial charge in [-0.05, 0) is 89.5 Å². The topological polar surface area (TPSA) is 20.2 Å². The third-order valence-electron chi connectivity index (χ3n) is 8.10. The second kappa shape index (κ2) is 7.40. The number of hydrogen-bond donors (Lipinski definition) is 1. The Morgan fingerprint density at radius 1 is 0.742 bits per heavy atom. The van der Waals surface area contributed by atoms with Gasteiger partial charge in [0.1, 0.15) is 5.75 Å². The molecule has 5 rings (SSSR count). The van der Waals surface area contributed by atoms with E-state index in [0.717, 1.165) is 17.2 Å². The lowest BCUT2D eigenvalue weighted by molar-refractivity contribution is 0.0898. The third-order valence-corrected chi connectivity index (χ3v) is 8.10. The van der Waals surface area contributed by atoms with Crippen molar-refractivity contribution in [1.82, 2.24) is 0 Å². The van der Waals surface area contributed by atoms with Crippen LogP contribution in [0.4, 0.5) is 0 Å². The number of aromatic hydroxyl groups is 1. The van der Waals surface area contributed by atoms with Crippen LogP contribution in [0.25, 0.3) is 21.9 Å². The lowest BCUT2D eigenvalue weighted by atomic mass is 9.56. The maximum absolute atomic E-state index is 11.0. The first-order chi connectivity index (χ1) is 14.9. The second-order valence-electron chi connectivity index (χ2n) is 11.2. The van der Waals surface area contributed by atoms with E-state index in [1.165, 1.54) is 66.2 Å². The van der Waals surface area contributed by atoms with Crippen LogP contribution in [-0.2, 0) is 5.41 Å². The van der Waals surface area contributed by atoms with E-state index in [2.05, 4.69) is 76.2 Å². The van der Waals surface area contributed by atoms with E-state index in [0.29, 0.717) is 11.2 Å². The van der Waals surface area contributed by atoms with Gasteiger partial charge >= 0.3 is 0 Å². The Labute approximate surface area is 187 Å². The van der Waals surface area contributed by atoms with Crippen molar-refractivity contribution in [1.29, 1.82) is 0 Å². The molecule has 1 heteroatoms. The van der Waals surface area contributed by atoms with E-state index in [1.807, 2.05) is 6.07 Å². The van der Waals surface area contributed by atoms with Crippen molar-refractivity contribution in [3.63, 3.8) is 0 Å². The van der Waals surface area contributed by atoms with Gasteiger partial charge in [-0.1, -0.05) is 76.2 Å². The molecule has 0 atom stereocenters. The van der Waals surface area contributed by atoms with E-state index in [1.54, 1.807) is 0 Å². The quantitative estimate of drug-likeness (QED) is 0.455. The number of benzene rings is 3. The van der Waals surface area contributed by atoms with Crippen molar-refractivity contribution in [2.45, 2.75) is 71.6 Å². The Morgan fingerprint density at radius 2 is 1.32 bits per heavy atom. The van der Waals surface area contributed by atoms with E-state index in [4.69, 9.17) is 0 Å². The largest absolute Gasteiger partial charge is 0.507 e. The molecule has 0 amide bonds. The van der Waals surface area contributed by atoms with E-state index in [-0.39, 0.29) is 5.41 Å². The molecule has 1 saturated carbocycles. The molecule has 31 heavy (non-hydrogen) atoms. The molecule has 2 aliphatic carbocycles. The fourth-order valence-electron chi connectivity index (χ4n) is 7.26. The molecule has 2 aliphatic rings. The predicted octanol–water partition coefficient (Wildman–Crippen LogP) is 8.46. The zero-order valence-corrected chi connectivity index (χ0v) is 19.5. The lowest BCUT2D eigenvalue weighted by Gasteiger charge is -2.48. The molecule has 0 bridgehead atoms. The van der Waals surface area contributed by atoms with Gasteiger partial charge in [-0.25, -0.2) is 0 Å². The summed E-state index contributed by atoms with van der Waals surface area (Å²) in [7, 11) is 0. The summed E-state index contributed by atoms with van der Waals surface area (Å²) in [6.07, 6.45) is 7.61. The Hall–Kier alpha value is -2.28. The monoisotopic (exact) mass is 412 g/mol. The van der Waals surface area contributed by atoms with Gasteiger partial charge in [-0.3, -0.25) is 0 Å². The van der Waals surface area contributed by atoms with Crippen molar-refractivity contribution >= 4 is 10.8 Å². The molecule has 0 saturated heterocycles. The van der Waals surface area contributed by atoms with Crippen LogP contribution >= 0.6 is 0 Å². The molecule has 0 aromatic heterocycles. The molecule has 162 valence electrons. The van der Waals surface area contributed by atoms with Gasteiger partial charge in [0.25, 0.3) is 0 Å². The minimum Gasteiger partial charge on any atom is -0.507 e. The number of phenols is 1. The maximum Gasteiger partial charge on any atom is 0.123 e. The van der Waals surface area contributed by atoms with E-state index in [9.17, 15) is 5.11 Å². The first-order valence-electron chi connectivity index (χ1n) is 12.2. The average molecular weight is 413 g/mol. The zero-order chi connectivity index (χ0) is 21.8. The lowest BCUT2D eigenvalue weighted by Crippen LogP contribution is -2.38. The van der Waals surface area contributed by atoms with Crippen molar-refractivity contribution in [3.05, 3.63) is 65.7 Å². The molecule has 1 N–H and O–H groups in total. The van der Waals surface area contributed by atoms with Crippen LogP contribution in [0, 0.1) is 17.3 Å². The van der Waals surface area contributed by atoms with Gasteiger partial charge in [0, 0.05) is 10.8 Å². The fraction of sp³-hybridized carbons (Fsp3) is 0.467. The second-order valence-corrected chi connectivity index (χ2v) is 11.2. The first-order valence-corrected chi connectivity index (χ1v) is 12.2. The summed E-state index contributed by atoms with van der Waals surface area (Å²) in [4.78, 5) is 0. The summed E-state index contributed by atoms with van der Waals surface area (Å²) in [6, 6.07) is 19.5. The van der Waals surface area contributed by atoms with Crippen LogP contribution in [0.1, 0.15) is 77.3 Å². The first kappa shape index (κ1) is 20.6. The van der Waals surface area contributed by atoms with Crippen molar-refractivity contribution in [3.8, 4) is 16.9 Å². The summed E-state index contributed by atoms with van der Waals surface area (Å²) in [5.41, 5.74) is 6.11. The van der Waals surface area contributed by atoms with Crippen LogP contribution in [0.15, 0.2) is 54.6 Å². The maximum atomic E-state index is 11.0. The number of hydrogen-bond acceptors (Lipinski definition) is 1. The summed E-state index contributed by atoms with van der Waals surface area (Å²) in [6.45, 7) is 9.54. The Balaban J connectivity index is 1.65. The molecular formula is C30H36O. The van der Waals surface area contributed by atoms with Crippen LogP contribution in [0.2, 0.25) is 0 Å². The van der Waals surface area contributed by atoms with Gasteiger partial charge in [0.15, 0.2) is 0 Å². The summed E-state index contributed by atoms with van der Waals surface area (Å²) >= 11 is 0. The van der Waals surface area contributed by atoms with Crippen molar-refractivity contribution in [2.75, 3.05) is 0 Å². The Kier molecular flexibility index (Phi) is 4.92. The molecule has 0 heterocycles. The van der Waals surface area contributed by atoms with Gasteiger partial charge in [0.05, 0.1) is 0 Å². The zero-order valence-electron chi connectivity index (χ0n) is 19.5. The summed E-state index contributed by atoms with van der Waals surface area (Å²) in [5, 5.41) is 13.1. The predicted molar refractivity (Wildman–Crippen MR) is 132 cm³/mol. The van der Waals surface area contributed by atoms with Crippen LogP contribution in [0.5, 0.6) is 5.75 Å². The molecule has 0 radical (unpaired) electrons. The Morgan fingerprint density at radius 3 is 1.97 bits per heavy atom. The highest BCUT2D eigenvalue weighted by Gasteiger charge is 2.49. The van der Waals surface area contributed by atoms with Crippen LogP contribution in [-0.4, -0.2) is 5.11 Å². The number of phenolic OH excluding ortho intramolecular Hbond substituents is 1. The molecular weight excluding hydrogens is 376 g/mol. The van der Waals surface area contributed by atoms with Crippen molar-refractivity contribution in [2.24, 2.45) is 17.3 Å². The minimum atomic E-state index is 0.0465. The summed E-state index contributed by atoms with van der Waals surface area (Å²) < 4.78 is 0. The third kappa shape index (κ3) is 3.20. The van der Waals surface area contributed by atoms with Crippen molar-refractivity contribution < 1.29 is 5.11 Å². The van der Waals surface area contributed by atoms with Gasteiger partial charge < -0.3 is 5.11 Å². The molecule has 1 spiro atoms. The van der Waals surface area contributed by atoms with Crippen LogP contribution < -0.4 is 0 Å². The van der Waals surface area contributed by atoms with Gasteiger partial charge in [-0.2, -0.15) is 0 Å². The Bertz CT molecular complexity index is 1100. The number of fused-ring (bicyclic) bond motifs is 7. The number of rotatable bonds is 4. The highest BCUT2D eigenvalue weighted by atomic mass is 16.3. The molecule has 3 aromatic carbocycles. The molecule has 1 nitrogen and oxygen atoms in total. The minimum absolute atomic E-state index is 0.0465. The molecule has 0 aliphatic heterocycles. The standard InChI is InChI=1S/C30H36O/c1-20(2)18-29(19-21(3)4)13-15-30(16-14-29)25-12-8-7-11-24(25)28-23-10-6-5-9-22(23)27(31)17-26(28)30/h5-12,17,20-21,31H,13-16,18-19H2,1-4H3. The smallest absolute Gasteiger partial charge is 0.123 e. The fourth-order valence-corrected chi connectivity index (χ4v) is 7.26. The van der Waals surface area contributed by atoms with E-state index >= 15 is 0 Å². The molecule has 1 fully saturated rings. The van der Waals surface area contributed by atoms with Gasteiger partial charge in [-0.15, -0.1) is 0 Å². The summed E-state index contributed by atoms with van der Waals surface area (Å²) in [5.74, 6) is 1.91. The molecule has 3 aromatic rings. The highest BCUT2D eigenvalue weighted by Crippen LogP contribution is 2.62. The van der Waals surface area contributed by atoms with E-state index < -0.39 is 0 Å². The molecule has 0 unspecified atom stereocenters. The SMILES string of the molecule is CC(C)CC1(CC(C)C)CCC2(CC1)c1ccccc1-c1c2cc(O)c2ccccc12. The van der Waals surface area contributed by atoms with Gasteiger partial charge in [0.2, 0.25) is 0 Å².